The molecule has 0 saturated heterocycles. The Hall–Kier alpha value is -1.14. The summed E-state index contributed by atoms with van der Waals surface area (Å²) in [6, 6.07) is 6.31. The molecular formula is C18H30N2O3. The molecule has 5 heteroatoms. The molecule has 130 valence electrons. The Kier molecular flexibility index (Phi) is 7.30. The Labute approximate surface area is 139 Å². The zero-order chi connectivity index (χ0) is 16.7. The third-order valence-corrected chi connectivity index (χ3v) is 4.64. The number of anilines is 1. The van der Waals surface area contributed by atoms with E-state index in [1.807, 2.05) is 11.0 Å². The topological polar surface area (TPSA) is 67.2 Å². The lowest BCUT2D eigenvalue weighted by molar-refractivity contribution is 0.118. The maximum absolute atomic E-state index is 10.5. The summed E-state index contributed by atoms with van der Waals surface area (Å²) in [6.07, 6.45) is 2.35. The SMILES string of the molecule is CCN1CCCc2cc(C(O)CCN(CCO)CCO)ccc21. The van der Waals surface area contributed by atoms with E-state index in [-0.39, 0.29) is 13.2 Å². The van der Waals surface area contributed by atoms with Crippen LogP contribution in [0.25, 0.3) is 0 Å². The molecule has 0 bridgehead atoms. The minimum absolute atomic E-state index is 0.0712. The number of fused-ring (bicyclic) bond motifs is 1. The molecule has 0 fully saturated rings. The van der Waals surface area contributed by atoms with Gasteiger partial charge in [-0.3, -0.25) is 4.90 Å². The molecule has 1 aliphatic rings. The molecule has 1 aromatic rings. The van der Waals surface area contributed by atoms with Crippen LogP contribution in [0.1, 0.15) is 37.0 Å². The van der Waals surface area contributed by atoms with Gasteiger partial charge >= 0.3 is 0 Å². The van der Waals surface area contributed by atoms with Gasteiger partial charge in [0.1, 0.15) is 0 Å². The van der Waals surface area contributed by atoms with Crippen LogP contribution in [0.4, 0.5) is 5.69 Å². The second-order valence-electron chi connectivity index (χ2n) is 6.16. The number of aliphatic hydroxyl groups excluding tert-OH is 3. The van der Waals surface area contributed by atoms with E-state index in [2.05, 4.69) is 24.0 Å². The van der Waals surface area contributed by atoms with Crippen molar-refractivity contribution in [3.63, 3.8) is 0 Å². The summed E-state index contributed by atoms with van der Waals surface area (Å²) < 4.78 is 0. The van der Waals surface area contributed by atoms with Crippen molar-refractivity contribution >= 4 is 5.69 Å². The van der Waals surface area contributed by atoms with Crippen LogP contribution < -0.4 is 4.90 Å². The first-order valence-corrected chi connectivity index (χ1v) is 8.69. The van der Waals surface area contributed by atoms with Crippen molar-refractivity contribution in [2.24, 2.45) is 0 Å². The van der Waals surface area contributed by atoms with Crippen LogP contribution in [0.15, 0.2) is 18.2 Å². The van der Waals surface area contributed by atoms with Gasteiger partial charge in [-0.05, 0) is 43.4 Å². The highest BCUT2D eigenvalue weighted by Gasteiger charge is 2.18. The highest BCUT2D eigenvalue weighted by molar-refractivity contribution is 5.57. The quantitative estimate of drug-likeness (QED) is 0.637. The fraction of sp³-hybridized carbons (Fsp3) is 0.667. The lowest BCUT2D eigenvalue weighted by atomic mass is 9.96. The van der Waals surface area contributed by atoms with E-state index >= 15 is 0 Å². The van der Waals surface area contributed by atoms with Gasteiger partial charge in [-0.1, -0.05) is 12.1 Å². The predicted molar refractivity (Wildman–Crippen MR) is 92.8 cm³/mol. The largest absolute Gasteiger partial charge is 0.395 e. The molecule has 0 saturated carbocycles. The minimum atomic E-state index is -0.503. The van der Waals surface area contributed by atoms with Crippen molar-refractivity contribution < 1.29 is 15.3 Å². The Morgan fingerprint density at radius 1 is 1.17 bits per heavy atom. The summed E-state index contributed by atoms with van der Waals surface area (Å²) in [4.78, 5) is 4.36. The Bertz CT molecular complexity index is 475. The van der Waals surface area contributed by atoms with Crippen LogP contribution in [0.5, 0.6) is 0 Å². The summed E-state index contributed by atoms with van der Waals surface area (Å²) in [5.41, 5.74) is 3.60. The van der Waals surface area contributed by atoms with Gasteiger partial charge in [0, 0.05) is 38.4 Å². The summed E-state index contributed by atoms with van der Waals surface area (Å²) >= 11 is 0. The highest BCUT2D eigenvalue weighted by atomic mass is 16.3. The second kappa shape index (κ2) is 9.23. The molecule has 0 aliphatic carbocycles. The first kappa shape index (κ1) is 18.2. The first-order valence-electron chi connectivity index (χ1n) is 8.69. The summed E-state index contributed by atoms with van der Waals surface area (Å²) in [6.45, 7) is 6.18. The molecule has 1 heterocycles. The van der Waals surface area contributed by atoms with Crippen molar-refractivity contribution in [1.29, 1.82) is 0 Å². The van der Waals surface area contributed by atoms with Crippen molar-refractivity contribution in [1.82, 2.24) is 4.90 Å². The van der Waals surface area contributed by atoms with Gasteiger partial charge in [0.2, 0.25) is 0 Å². The fourth-order valence-electron chi connectivity index (χ4n) is 3.32. The lowest BCUT2D eigenvalue weighted by Gasteiger charge is -2.31. The van der Waals surface area contributed by atoms with Gasteiger partial charge in [0.25, 0.3) is 0 Å². The van der Waals surface area contributed by atoms with Crippen molar-refractivity contribution in [3.8, 4) is 0 Å². The fourth-order valence-corrected chi connectivity index (χ4v) is 3.32. The molecular weight excluding hydrogens is 292 g/mol. The van der Waals surface area contributed by atoms with E-state index in [0.717, 1.165) is 25.1 Å². The number of benzene rings is 1. The van der Waals surface area contributed by atoms with Crippen molar-refractivity contribution in [3.05, 3.63) is 29.3 Å². The van der Waals surface area contributed by atoms with Crippen molar-refractivity contribution in [2.45, 2.75) is 32.3 Å². The van der Waals surface area contributed by atoms with Crippen LogP contribution in [-0.2, 0) is 6.42 Å². The van der Waals surface area contributed by atoms with Crippen LogP contribution in [0.3, 0.4) is 0 Å². The van der Waals surface area contributed by atoms with Gasteiger partial charge in [0.15, 0.2) is 0 Å². The number of aliphatic hydroxyl groups is 3. The van der Waals surface area contributed by atoms with Crippen LogP contribution >= 0.6 is 0 Å². The van der Waals surface area contributed by atoms with Crippen LogP contribution in [0.2, 0.25) is 0 Å². The van der Waals surface area contributed by atoms with Gasteiger partial charge in [-0.2, -0.15) is 0 Å². The Morgan fingerprint density at radius 2 is 1.91 bits per heavy atom. The monoisotopic (exact) mass is 322 g/mol. The van der Waals surface area contributed by atoms with Crippen LogP contribution in [-0.4, -0.2) is 66.2 Å². The third-order valence-electron chi connectivity index (χ3n) is 4.64. The predicted octanol–water partition coefficient (Wildman–Crippen LogP) is 1.17. The molecule has 0 radical (unpaired) electrons. The normalized spacial score (nSPS) is 15.8. The number of hydrogen-bond acceptors (Lipinski definition) is 5. The van der Waals surface area contributed by atoms with E-state index in [9.17, 15) is 5.11 Å². The van der Waals surface area contributed by atoms with E-state index in [4.69, 9.17) is 10.2 Å². The maximum atomic E-state index is 10.5. The zero-order valence-electron chi connectivity index (χ0n) is 14.1. The smallest absolute Gasteiger partial charge is 0.0802 e. The molecule has 1 aromatic carbocycles. The van der Waals surface area contributed by atoms with Crippen LogP contribution in [0, 0.1) is 0 Å². The number of aryl methyl sites for hydroxylation is 1. The highest BCUT2D eigenvalue weighted by Crippen LogP contribution is 2.30. The van der Waals surface area contributed by atoms with E-state index in [0.29, 0.717) is 26.1 Å². The molecule has 1 atom stereocenters. The number of rotatable bonds is 9. The molecule has 1 aliphatic heterocycles. The molecule has 1 unspecified atom stereocenters. The molecule has 2 rings (SSSR count). The molecule has 0 aromatic heterocycles. The molecule has 3 N–H and O–H groups in total. The van der Waals surface area contributed by atoms with E-state index < -0.39 is 6.10 Å². The molecule has 5 nitrogen and oxygen atoms in total. The molecule has 23 heavy (non-hydrogen) atoms. The van der Waals surface area contributed by atoms with E-state index in [1.165, 1.54) is 17.7 Å². The standard InChI is InChI=1S/C18H30N2O3/c1-2-20-8-3-4-15-14-16(5-6-17(15)20)18(23)7-9-19(10-12-21)11-13-22/h5-6,14,18,21-23H,2-4,7-13H2,1H3. The second-order valence-corrected chi connectivity index (χ2v) is 6.16. The number of hydrogen-bond donors (Lipinski definition) is 3. The minimum Gasteiger partial charge on any atom is -0.395 e. The van der Waals surface area contributed by atoms with Gasteiger partial charge < -0.3 is 20.2 Å². The number of nitrogens with zero attached hydrogens (tertiary/aromatic N) is 2. The molecule has 0 spiro atoms. The summed E-state index contributed by atoms with van der Waals surface area (Å²) in [7, 11) is 0. The summed E-state index contributed by atoms with van der Waals surface area (Å²) in [5.74, 6) is 0. The van der Waals surface area contributed by atoms with E-state index in [1.54, 1.807) is 0 Å². The average molecular weight is 322 g/mol. The summed E-state index contributed by atoms with van der Waals surface area (Å²) in [5, 5.41) is 28.5. The Morgan fingerprint density at radius 3 is 2.57 bits per heavy atom. The maximum Gasteiger partial charge on any atom is 0.0802 e. The molecule has 0 amide bonds. The first-order chi connectivity index (χ1) is 11.2. The zero-order valence-corrected chi connectivity index (χ0v) is 14.1. The van der Waals surface area contributed by atoms with Crippen molar-refractivity contribution in [2.75, 3.05) is 50.8 Å². The van der Waals surface area contributed by atoms with Gasteiger partial charge in [-0.25, -0.2) is 0 Å². The third kappa shape index (κ3) is 4.91. The van der Waals surface area contributed by atoms with Gasteiger partial charge in [-0.15, -0.1) is 0 Å². The lowest BCUT2D eigenvalue weighted by Crippen LogP contribution is -2.31. The Balaban J connectivity index is 1.98. The average Bonchev–Trinajstić information content (AvgIpc) is 2.58. The van der Waals surface area contributed by atoms with Gasteiger partial charge in [0.05, 0.1) is 19.3 Å².